The molecule has 0 aliphatic carbocycles. The number of hydrogen-bond donors (Lipinski definition) is 2. The number of carboxylic acid groups (broad SMARTS) is 1. The molecule has 0 radical (unpaired) electrons. The summed E-state index contributed by atoms with van der Waals surface area (Å²) in [5.41, 5.74) is 7.89. The van der Waals surface area contributed by atoms with E-state index in [1.807, 2.05) is 12.1 Å². The lowest BCUT2D eigenvalue weighted by Gasteiger charge is -2.19. The van der Waals surface area contributed by atoms with E-state index in [9.17, 15) is 4.79 Å². The van der Waals surface area contributed by atoms with Crippen LogP contribution in [0.1, 0.15) is 38.3 Å². The molecule has 0 aromatic heterocycles. The number of nitrogens with two attached hydrogens (primary N) is 1. The molecule has 1 aromatic carbocycles. The van der Waals surface area contributed by atoms with E-state index in [0.29, 0.717) is 19.4 Å². The van der Waals surface area contributed by atoms with Crippen molar-refractivity contribution in [3.63, 3.8) is 0 Å². The van der Waals surface area contributed by atoms with Crippen LogP contribution in [0.15, 0.2) is 24.3 Å². The molecule has 0 saturated carbocycles. The van der Waals surface area contributed by atoms with Crippen molar-refractivity contribution in [2.75, 3.05) is 6.54 Å². The molecule has 3 nitrogen and oxygen atoms in total. The Labute approximate surface area is 109 Å². The summed E-state index contributed by atoms with van der Waals surface area (Å²) in [5.74, 6) is -1.14. The van der Waals surface area contributed by atoms with E-state index in [2.05, 4.69) is 32.9 Å². The normalized spacial score (nSPS) is 13.3. The Morgan fingerprint density at radius 3 is 2.22 bits per heavy atom. The molecule has 1 aromatic rings. The first kappa shape index (κ1) is 14.7. The van der Waals surface area contributed by atoms with E-state index in [1.54, 1.807) is 0 Å². The summed E-state index contributed by atoms with van der Waals surface area (Å²) in [6.07, 6.45) is 1.08. The van der Waals surface area contributed by atoms with E-state index in [-0.39, 0.29) is 11.3 Å². The summed E-state index contributed by atoms with van der Waals surface area (Å²) in [7, 11) is 0. The maximum Gasteiger partial charge on any atom is 0.306 e. The lowest BCUT2D eigenvalue weighted by molar-refractivity contribution is -0.141. The van der Waals surface area contributed by atoms with Crippen LogP contribution in [0.2, 0.25) is 0 Å². The van der Waals surface area contributed by atoms with Gasteiger partial charge in [-0.3, -0.25) is 4.79 Å². The van der Waals surface area contributed by atoms with E-state index in [4.69, 9.17) is 10.8 Å². The smallest absolute Gasteiger partial charge is 0.306 e. The van der Waals surface area contributed by atoms with Gasteiger partial charge in [0.15, 0.2) is 0 Å². The molecule has 0 saturated heterocycles. The van der Waals surface area contributed by atoms with Crippen LogP contribution < -0.4 is 5.73 Å². The molecule has 0 fully saturated rings. The maximum absolute atomic E-state index is 11.1. The molecule has 0 aliphatic heterocycles. The average Bonchev–Trinajstić information content (AvgIpc) is 2.28. The average molecular weight is 249 g/mol. The Bertz CT molecular complexity index is 390. The van der Waals surface area contributed by atoms with E-state index >= 15 is 0 Å². The van der Waals surface area contributed by atoms with Gasteiger partial charge in [-0.05, 0) is 35.9 Å². The maximum atomic E-state index is 11.1. The van der Waals surface area contributed by atoms with Gasteiger partial charge in [0.1, 0.15) is 0 Å². The number of hydrogen-bond acceptors (Lipinski definition) is 2. The second-order valence-corrected chi connectivity index (χ2v) is 5.76. The minimum Gasteiger partial charge on any atom is -0.481 e. The van der Waals surface area contributed by atoms with Crippen LogP contribution in [0, 0.1) is 5.92 Å². The molecule has 0 bridgehead atoms. The number of benzene rings is 1. The predicted octanol–water partition coefficient (Wildman–Crippen LogP) is 2.58. The molecule has 0 amide bonds. The van der Waals surface area contributed by atoms with Gasteiger partial charge in [-0.2, -0.15) is 0 Å². The molecule has 0 spiro atoms. The first-order valence-corrected chi connectivity index (χ1v) is 6.37. The third-order valence-corrected chi connectivity index (χ3v) is 3.17. The largest absolute Gasteiger partial charge is 0.481 e. The zero-order valence-electron chi connectivity index (χ0n) is 11.4. The minimum absolute atomic E-state index is 0.127. The summed E-state index contributed by atoms with van der Waals surface area (Å²) >= 11 is 0. The Kier molecular flexibility index (Phi) is 4.91. The van der Waals surface area contributed by atoms with Gasteiger partial charge in [-0.25, -0.2) is 0 Å². The highest BCUT2D eigenvalue weighted by Crippen LogP contribution is 2.23. The summed E-state index contributed by atoms with van der Waals surface area (Å²) in [4.78, 5) is 11.1. The summed E-state index contributed by atoms with van der Waals surface area (Å²) in [6, 6.07) is 8.20. The second kappa shape index (κ2) is 6.01. The van der Waals surface area contributed by atoms with Crippen molar-refractivity contribution in [2.24, 2.45) is 11.7 Å². The predicted molar refractivity (Wildman–Crippen MR) is 73.6 cm³/mol. The van der Waals surface area contributed by atoms with Crippen LogP contribution in [0.3, 0.4) is 0 Å². The lowest BCUT2D eigenvalue weighted by atomic mass is 9.86. The lowest BCUT2D eigenvalue weighted by Crippen LogP contribution is -2.20. The molecule has 100 valence electrons. The van der Waals surface area contributed by atoms with Gasteiger partial charge in [0.2, 0.25) is 0 Å². The zero-order valence-corrected chi connectivity index (χ0v) is 11.4. The number of carbonyl (C=O) groups is 1. The Balaban J connectivity index is 2.76. The first-order chi connectivity index (χ1) is 8.34. The second-order valence-electron chi connectivity index (χ2n) is 5.76. The van der Waals surface area contributed by atoms with Crippen molar-refractivity contribution in [1.82, 2.24) is 0 Å². The van der Waals surface area contributed by atoms with Crippen molar-refractivity contribution in [3.8, 4) is 0 Å². The van der Waals surface area contributed by atoms with Crippen molar-refractivity contribution in [1.29, 1.82) is 0 Å². The molecule has 18 heavy (non-hydrogen) atoms. The van der Waals surface area contributed by atoms with Gasteiger partial charge in [0.25, 0.3) is 0 Å². The summed E-state index contributed by atoms with van der Waals surface area (Å²) in [6.45, 7) is 6.90. The molecule has 1 unspecified atom stereocenters. The fraction of sp³-hybridized carbons (Fsp3) is 0.533. The van der Waals surface area contributed by atoms with Gasteiger partial charge in [-0.15, -0.1) is 0 Å². The van der Waals surface area contributed by atoms with E-state index in [0.717, 1.165) is 5.56 Å². The molecule has 0 aliphatic rings. The SMILES string of the molecule is CC(C)(C)c1ccc(CC(CCN)C(=O)O)cc1. The Hall–Kier alpha value is -1.35. The first-order valence-electron chi connectivity index (χ1n) is 6.37. The number of carboxylic acids is 1. The fourth-order valence-electron chi connectivity index (χ4n) is 1.94. The number of rotatable bonds is 5. The third-order valence-electron chi connectivity index (χ3n) is 3.17. The Morgan fingerprint density at radius 1 is 1.28 bits per heavy atom. The van der Waals surface area contributed by atoms with Crippen LogP contribution >= 0.6 is 0 Å². The van der Waals surface area contributed by atoms with Crippen molar-refractivity contribution < 1.29 is 9.90 Å². The zero-order chi connectivity index (χ0) is 13.8. The van der Waals surface area contributed by atoms with Crippen molar-refractivity contribution in [3.05, 3.63) is 35.4 Å². The van der Waals surface area contributed by atoms with Crippen LogP contribution in [-0.2, 0) is 16.6 Å². The van der Waals surface area contributed by atoms with E-state index in [1.165, 1.54) is 5.56 Å². The molecule has 3 N–H and O–H groups in total. The molecule has 3 heteroatoms. The highest BCUT2D eigenvalue weighted by Gasteiger charge is 2.18. The quantitative estimate of drug-likeness (QED) is 0.843. The molecular weight excluding hydrogens is 226 g/mol. The van der Waals surface area contributed by atoms with Gasteiger partial charge < -0.3 is 10.8 Å². The standard InChI is InChI=1S/C15H23NO2/c1-15(2,3)13-6-4-11(5-7-13)10-12(8-9-16)14(17)18/h4-7,12H,8-10,16H2,1-3H3,(H,17,18). The van der Waals surface area contributed by atoms with E-state index < -0.39 is 5.97 Å². The van der Waals surface area contributed by atoms with Crippen LogP contribution in [0.4, 0.5) is 0 Å². The fourth-order valence-corrected chi connectivity index (χ4v) is 1.94. The molecule has 1 atom stereocenters. The topological polar surface area (TPSA) is 63.3 Å². The van der Waals surface area contributed by atoms with Crippen molar-refractivity contribution >= 4 is 5.97 Å². The highest BCUT2D eigenvalue weighted by atomic mass is 16.4. The van der Waals surface area contributed by atoms with Crippen LogP contribution in [-0.4, -0.2) is 17.6 Å². The van der Waals surface area contributed by atoms with Gasteiger partial charge in [0, 0.05) is 0 Å². The molecule has 1 rings (SSSR count). The molecule has 0 heterocycles. The van der Waals surface area contributed by atoms with Gasteiger partial charge in [0.05, 0.1) is 5.92 Å². The highest BCUT2D eigenvalue weighted by molar-refractivity contribution is 5.70. The monoisotopic (exact) mass is 249 g/mol. The van der Waals surface area contributed by atoms with Crippen LogP contribution in [0.25, 0.3) is 0 Å². The summed E-state index contributed by atoms with van der Waals surface area (Å²) in [5, 5.41) is 9.09. The van der Waals surface area contributed by atoms with Gasteiger partial charge in [-0.1, -0.05) is 45.0 Å². The van der Waals surface area contributed by atoms with Gasteiger partial charge >= 0.3 is 5.97 Å². The number of aliphatic carboxylic acids is 1. The molecular formula is C15H23NO2. The third kappa shape index (κ3) is 4.15. The Morgan fingerprint density at radius 2 is 1.83 bits per heavy atom. The van der Waals surface area contributed by atoms with Crippen LogP contribution in [0.5, 0.6) is 0 Å². The summed E-state index contributed by atoms with van der Waals surface area (Å²) < 4.78 is 0. The minimum atomic E-state index is -0.764. The van der Waals surface area contributed by atoms with Crippen molar-refractivity contribution in [2.45, 2.75) is 39.0 Å².